The van der Waals surface area contributed by atoms with Crippen molar-refractivity contribution in [2.24, 2.45) is 0 Å². The molecule has 1 aromatic heterocycles. The van der Waals surface area contributed by atoms with Crippen LogP contribution in [0.5, 0.6) is 11.5 Å². The number of rotatable bonds is 4. The molecule has 1 aliphatic heterocycles. The topological polar surface area (TPSA) is 49.2 Å². The molecule has 1 saturated carbocycles. The summed E-state index contributed by atoms with van der Waals surface area (Å²) in [5.74, 6) is 3.17. The first kappa shape index (κ1) is 15.1. The maximum atomic E-state index is 6.35. The van der Waals surface area contributed by atoms with E-state index in [0.717, 1.165) is 34.5 Å². The molecule has 1 aliphatic carbocycles. The summed E-state index contributed by atoms with van der Waals surface area (Å²) in [6.45, 7) is 3.32. The molecule has 0 radical (unpaired) electrons. The summed E-state index contributed by atoms with van der Waals surface area (Å²) < 4.78 is 13.7. The molecule has 0 spiro atoms. The van der Waals surface area contributed by atoms with Crippen LogP contribution in [0.1, 0.15) is 36.7 Å². The first-order chi connectivity index (χ1) is 11.2. The normalized spacial score (nSPS) is 17.1. The standard InChI is InChI=1S/C16H18ClN3O2S/c1-10-18-19-16(20(10)12-3-4-12)23-9-11-7-13(17)15-14(8-11)21-5-2-6-22-15/h7-8,12H,2-6,9H2,1H3. The van der Waals surface area contributed by atoms with E-state index in [-0.39, 0.29) is 0 Å². The van der Waals surface area contributed by atoms with Crippen molar-refractivity contribution in [2.45, 2.75) is 43.1 Å². The Hall–Kier alpha value is -1.40. The van der Waals surface area contributed by atoms with Gasteiger partial charge in [0.2, 0.25) is 0 Å². The van der Waals surface area contributed by atoms with Gasteiger partial charge in [-0.15, -0.1) is 10.2 Å². The van der Waals surface area contributed by atoms with Crippen LogP contribution in [-0.2, 0) is 5.75 Å². The van der Waals surface area contributed by atoms with Crippen LogP contribution in [0.4, 0.5) is 0 Å². The van der Waals surface area contributed by atoms with Crippen LogP contribution in [0.3, 0.4) is 0 Å². The van der Waals surface area contributed by atoms with Crippen LogP contribution in [0.25, 0.3) is 0 Å². The molecule has 2 heterocycles. The number of thioether (sulfide) groups is 1. The SMILES string of the molecule is Cc1nnc(SCc2cc(Cl)c3c(c2)OCCCO3)n1C1CC1. The number of fused-ring (bicyclic) bond motifs is 1. The summed E-state index contributed by atoms with van der Waals surface area (Å²) in [7, 11) is 0. The third kappa shape index (κ3) is 3.15. The fourth-order valence-electron chi connectivity index (χ4n) is 2.72. The minimum atomic E-state index is 0.583. The summed E-state index contributed by atoms with van der Waals surface area (Å²) in [6, 6.07) is 4.55. The molecular weight excluding hydrogens is 334 g/mol. The van der Waals surface area contributed by atoms with Crippen molar-refractivity contribution in [2.75, 3.05) is 13.2 Å². The van der Waals surface area contributed by atoms with Gasteiger partial charge in [-0.05, 0) is 37.5 Å². The molecule has 23 heavy (non-hydrogen) atoms. The second-order valence-corrected chi connectivity index (χ2v) is 7.22. The second-order valence-electron chi connectivity index (χ2n) is 5.88. The third-order valence-electron chi connectivity index (χ3n) is 3.98. The molecule has 0 saturated heterocycles. The molecule has 0 amide bonds. The maximum Gasteiger partial charge on any atom is 0.191 e. The van der Waals surface area contributed by atoms with Gasteiger partial charge in [-0.1, -0.05) is 23.4 Å². The van der Waals surface area contributed by atoms with Gasteiger partial charge in [-0.3, -0.25) is 0 Å². The van der Waals surface area contributed by atoms with Crippen molar-refractivity contribution in [1.29, 1.82) is 0 Å². The van der Waals surface area contributed by atoms with Crippen molar-refractivity contribution in [3.63, 3.8) is 0 Å². The number of hydrogen-bond acceptors (Lipinski definition) is 5. The highest BCUT2D eigenvalue weighted by molar-refractivity contribution is 7.98. The monoisotopic (exact) mass is 351 g/mol. The molecule has 5 nitrogen and oxygen atoms in total. The average Bonchev–Trinajstić information content (AvgIpc) is 3.32. The number of nitrogens with zero attached hydrogens (tertiary/aromatic N) is 3. The Kier molecular flexibility index (Phi) is 4.11. The van der Waals surface area contributed by atoms with Gasteiger partial charge in [0.15, 0.2) is 16.7 Å². The number of halogens is 1. The Labute approximate surface area is 144 Å². The molecule has 0 unspecified atom stereocenters. The maximum absolute atomic E-state index is 6.35. The number of ether oxygens (including phenoxy) is 2. The summed E-state index contributed by atoms with van der Waals surface area (Å²) in [5, 5.41) is 10.1. The molecule has 4 rings (SSSR count). The number of aromatic nitrogens is 3. The molecule has 2 aromatic rings. The van der Waals surface area contributed by atoms with Crippen molar-refractivity contribution in [3.05, 3.63) is 28.5 Å². The van der Waals surface area contributed by atoms with Gasteiger partial charge in [0.05, 0.1) is 18.2 Å². The fourth-order valence-corrected chi connectivity index (χ4v) is 3.99. The molecule has 7 heteroatoms. The van der Waals surface area contributed by atoms with Gasteiger partial charge in [0, 0.05) is 18.2 Å². The Bertz CT molecular complexity index is 730. The Morgan fingerprint density at radius 3 is 2.91 bits per heavy atom. The second kappa shape index (κ2) is 6.24. The van der Waals surface area contributed by atoms with E-state index >= 15 is 0 Å². The van der Waals surface area contributed by atoms with E-state index in [1.165, 1.54) is 12.8 Å². The van der Waals surface area contributed by atoms with E-state index in [4.69, 9.17) is 21.1 Å². The van der Waals surface area contributed by atoms with Gasteiger partial charge in [0.1, 0.15) is 5.82 Å². The molecule has 0 N–H and O–H groups in total. The predicted molar refractivity (Wildman–Crippen MR) is 89.7 cm³/mol. The van der Waals surface area contributed by atoms with Crippen molar-refractivity contribution in [1.82, 2.24) is 14.8 Å². The number of benzene rings is 1. The highest BCUT2D eigenvalue weighted by Gasteiger charge is 2.28. The minimum absolute atomic E-state index is 0.583. The van der Waals surface area contributed by atoms with Gasteiger partial charge >= 0.3 is 0 Å². The fraction of sp³-hybridized carbons (Fsp3) is 0.500. The van der Waals surface area contributed by atoms with Crippen LogP contribution < -0.4 is 9.47 Å². The first-order valence-corrected chi connectivity index (χ1v) is 9.21. The molecule has 2 aliphatic rings. The molecular formula is C16H18ClN3O2S. The first-order valence-electron chi connectivity index (χ1n) is 7.84. The summed E-state index contributed by atoms with van der Waals surface area (Å²) in [5.41, 5.74) is 1.10. The zero-order valence-corrected chi connectivity index (χ0v) is 14.5. The Morgan fingerprint density at radius 2 is 2.09 bits per heavy atom. The lowest BCUT2D eigenvalue weighted by atomic mass is 10.2. The van der Waals surface area contributed by atoms with Crippen LogP contribution in [0.2, 0.25) is 5.02 Å². The van der Waals surface area contributed by atoms with Crippen LogP contribution >= 0.6 is 23.4 Å². The van der Waals surface area contributed by atoms with E-state index in [0.29, 0.717) is 30.0 Å². The van der Waals surface area contributed by atoms with Gasteiger partial charge in [-0.2, -0.15) is 0 Å². The molecule has 122 valence electrons. The highest BCUT2D eigenvalue weighted by atomic mass is 35.5. The number of aryl methyl sites for hydroxylation is 1. The minimum Gasteiger partial charge on any atom is -0.489 e. The summed E-state index contributed by atoms with van der Waals surface area (Å²) >= 11 is 8.04. The molecule has 1 aromatic carbocycles. The zero-order valence-electron chi connectivity index (χ0n) is 12.9. The van der Waals surface area contributed by atoms with Crippen LogP contribution in [-0.4, -0.2) is 28.0 Å². The quantitative estimate of drug-likeness (QED) is 0.778. The van der Waals surface area contributed by atoms with Crippen LogP contribution in [0, 0.1) is 6.92 Å². The average molecular weight is 352 g/mol. The van der Waals surface area contributed by atoms with Gasteiger partial charge in [-0.25, -0.2) is 0 Å². The lowest BCUT2D eigenvalue weighted by Gasteiger charge is -2.11. The third-order valence-corrected chi connectivity index (χ3v) is 5.27. The lowest BCUT2D eigenvalue weighted by molar-refractivity contribution is 0.297. The highest BCUT2D eigenvalue weighted by Crippen LogP contribution is 2.41. The van der Waals surface area contributed by atoms with E-state index in [1.54, 1.807) is 11.8 Å². The number of hydrogen-bond donors (Lipinski definition) is 0. The predicted octanol–water partition coefficient (Wildman–Crippen LogP) is 4.03. The zero-order chi connectivity index (χ0) is 15.8. The molecule has 1 fully saturated rings. The van der Waals surface area contributed by atoms with E-state index in [1.807, 2.05) is 19.1 Å². The van der Waals surface area contributed by atoms with Gasteiger partial charge < -0.3 is 14.0 Å². The van der Waals surface area contributed by atoms with Crippen molar-refractivity contribution in [3.8, 4) is 11.5 Å². The summed E-state index contributed by atoms with van der Waals surface area (Å²) in [4.78, 5) is 0. The van der Waals surface area contributed by atoms with E-state index in [2.05, 4.69) is 14.8 Å². The van der Waals surface area contributed by atoms with E-state index in [9.17, 15) is 0 Å². The molecule has 0 atom stereocenters. The Balaban J connectivity index is 1.53. The smallest absolute Gasteiger partial charge is 0.191 e. The van der Waals surface area contributed by atoms with Crippen LogP contribution in [0.15, 0.2) is 17.3 Å². The van der Waals surface area contributed by atoms with E-state index < -0.39 is 0 Å². The molecule has 0 bridgehead atoms. The lowest BCUT2D eigenvalue weighted by Crippen LogP contribution is -1.99. The summed E-state index contributed by atoms with van der Waals surface area (Å²) in [6.07, 6.45) is 3.32. The Morgan fingerprint density at radius 1 is 1.26 bits per heavy atom. The van der Waals surface area contributed by atoms with Crippen molar-refractivity contribution < 1.29 is 9.47 Å². The van der Waals surface area contributed by atoms with Crippen molar-refractivity contribution >= 4 is 23.4 Å². The largest absolute Gasteiger partial charge is 0.489 e. The van der Waals surface area contributed by atoms with Gasteiger partial charge in [0.25, 0.3) is 0 Å².